The molecule has 3 rings (SSSR count). The van der Waals surface area contributed by atoms with Gasteiger partial charge in [-0.2, -0.15) is 0 Å². The lowest BCUT2D eigenvalue weighted by Gasteiger charge is -2.15. The van der Waals surface area contributed by atoms with Crippen LogP contribution in [0, 0.1) is 6.92 Å². The lowest BCUT2D eigenvalue weighted by atomic mass is 10.0. The number of methoxy groups -OCH3 is 1. The van der Waals surface area contributed by atoms with Crippen LogP contribution in [0.2, 0.25) is 0 Å². The third kappa shape index (κ3) is 2.62. The molecule has 5 heteroatoms. The van der Waals surface area contributed by atoms with E-state index in [1.807, 2.05) is 19.1 Å². The predicted molar refractivity (Wildman–Crippen MR) is 89.4 cm³/mol. The largest absolute Gasteiger partial charge is 0.497 e. The minimum Gasteiger partial charge on any atom is -0.497 e. The molecule has 0 bridgehead atoms. The first-order valence-electron chi connectivity index (χ1n) is 7.02. The van der Waals surface area contributed by atoms with Crippen molar-refractivity contribution in [1.82, 2.24) is 0 Å². The molecule has 2 aromatic rings. The zero-order valence-corrected chi connectivity index (χ0v) is 13.4. The number of nitrogens with zero attached hydrogens (tertiary/aromatic N) is 1. The van der Waals surface area contributed by atoms with E-state index >= 15 is 0 Å². The van der Waals surface area contributed by atoms with Crippen LogP contribution in [0.15, 0.2) is 53.6 Å². The Bertz CT molecular complexity index is 807. The standard InChI is InChI=1S/C18H14ClNO3/c1-11-3-5-12(6-4-11)15-16(19)18(22)20(17(15)21)13-7-9-14(23-2)10-8-13/h3-10H,1-2H3. The van der Waals surface area contributed by atoms with Gasteiger partial charge in [0.2, 0.25) is 0 Å². The van der Waals surface area contributed by atoms with Crippen LogP contribution in [0.3, 0.4) is 0 Å². The zero-order valence-electron chi connectivity index (χ0n) is 12.7. The van der Waals surface area contributed by atoms with Gasteiger partial charge in [-0.15, -0.1) is 0 Å². The van der Waals surface area contributed by atoms with E-state index in [9.17, 15) is 9.59 Å². The first-order valence-corrected chi connectivity index (χ1v) is 7.40. The third-order valence-electron chi connectivity index (χ3n) is 3.70. The van der Waals surface area contributed by atoms with Crippen LogP contribution < -0.4 is 9.64 Å². The molecule has 0 spiro atoms. The van der Waals surface area contributed by atoms with Gasteiger partial charge in [0.15, 0.2) is 0 Å². The number of hydrogen-bond donors (Lipinski definition) is 0. The Labute approximate surface area is 138 Å². The van der Waals surface area contributed by atoms with Gasteiger partial charge in [-0.3, -0.25) is 9.59 Å². The highest BCUT2D eigenvalue weighted by Gasteiger charge is 2.39. The summed E-state index contributed by atoms with van der Waals surface area (Å²) in [6, 6.07) is 14.0. The van der Waals surface area contributed by atoms with Crippen molar-refractivity contribution >= 4 is 34.7 Å². The van der Waals surface area contributed by atoms with E-state index in [0.717, 1.165) is 10.5 Å². The molecule has 0 saturated heterocycles. The minimum atomic E-state index is -0.516. The molecule has 2 aromatic carbocycles. The number of amides is 2. The number of halogens is 1. The molecule has 116 valence electrons. The molecule has 0 fully saturated rings. The molecule has 0 aromatic heterocycles. The van der Waals surface area contributed by atoms with Crippen molar-refractivity contribution in [1.29, 1.82) is 0 Å². The number of hydrogen-bond acceptors (Lipinski definition) is 3. The molecular weight excluding hydrogens is 314 g/mol. The van der Waals surface area contributed by atoms with E-state index < -0.39 is 11.8 Å². The van der Waals surface area contributed by atoms with Crippen molar-refractivity contribution in [2.75, 3.05) is 12.0 Å². The van der Waals surface area contributed by atoms with Gasteiger partial charge >= 0.3 is 0 Å². The fourth-order valence-corrected chi connectivity index (χ4v) is 2.71. The Kier molecular flexibility index (Phi) is 3.92. The van der Waals surface area contributed by atoms with Gasteiger partial charge < -0.3 is 4.74 Å². The van der Waals surface area contributed by atoms with Gasteiger partial charge in [-0.25, -0.2) is 4.90 Å². The molecule has 0 aliphatic carbocycles. The Morgan fingerprint density at radius 3 is 2.09 bits per heavy atom. The average Bonchev–Trinajstić information content (AvgIpc) is 2.78. The van der Waals surface area contributed by atoms with Gasteiger partial charge in [0.05, 0.1) is 18.4 Å². The van der Waals surface area contributed by atoms with Crippen molar-refractivity contribution in [3.63, 3.8) is 0 Å². The number of carbonyl (C=O) groups excluding carboxylic acids is 2. The summed E-state index contributed by atoms with van der Waals surface area (Å²) in [5, 5.41) is -0.0605. The second-order valence-corrected chi connectivity index (χ2v) is 5.58. The summed E-state index contributed by atoms with van der Waals surface area (Å²) < 4.78 is 5.08. The monoisotopic (exact) mass is 327 g/mol. The highest BCUT2D eigenvalue weighted by molar-refractivity contribution is 6.60. The van der Waals surface area contributed by atoms with Gasteiger partial charge in [-0.05, 0) is 36.8 Å². The quantitative estimate of drug-likeness (QED) is 0.810. The summed E-state index contributed by atoms with van der Waals surface area (Å²) in [6.45, 7) is 1.95. The third-order valence-corrected chi connectivity index (χ3v) is 4.05. The van der Waals surface area contributed by atoms with Crippen LogP contribution in [0.25, 0.3) is 5.57 Å². The number of rotatable bonds is 3. The van der Waals surface area contributed by atoms with E-state index in [1.54, 1.807) is 43.5 Å². The Hall–Kier alpha value is -2.59. The Morgan fingerprint density at radius 2 is 1.52 bits per heavy atom. The number of carbonyl (C=O) groups is 2. The summed E-state index contributed by atoms with van der Waals surface area (Å²) in [4.78, 5) is 26.2. The number of benzene rings is 2. The molecular formula is C18H14ClNO3. The van der Waals surface area contributed by atoms with Crippen LogP contribution >= 0.6 is 11.6 Å². The molecule has 0 unspecified atom stereocenters. The molecule has 1 heterocycles. The van der Waals surface area contributed by atoms with Crippen LogP contribution in [-0.4, -0.2) is 18.9 Å². The second kappa shape index (κ2) is 5.89. The highest BCUT2D eigenvalue weighted by atomic mass is 35.5. The normalized spacial score (nSPS) is 14.7. The van der Waals surface area contributed by atoms with Gasteiger partial charge in [0, 0.05) is 0 Å². The van der Waals surface area contributed by atoms with Gasteiger partial charge in [-0.1, -0.05) is 41.4 Å². The van der Waals surface area contributed by atoms with Crippen molar-refractivity contribution in [3.8, 4) is 5.75 Å². The number of ether oxygens (including phenoxy) is 1. The molecule has 1 aliphatic rings. The van der Waals surface area contributed by atoms with E-state index in [1.165, 1.54) is 0 Å². The maximum absolute atomic E-state index is 12.7. The average molecular weight is 328 g/mol. The van der Waals surface area contributed by atoms with E-state index in [4.69, 9.17) is 16.3 Å². The van der Waals surface area contributed by atoms with Crippen molar-refractivity contribution < 1.29 is 14.3 Å². The molecule has 1 aliphatic heterocycles. The van der Waals surface area contributed by atoms with Crippen LogP contribution in [0.5, 0.6) is 5.75 Å². The van der Waals surface area contributed by atoms with Gasteiger partial charge in [0.25, 0.3) is 11.8 Å². The predicted octanol–water partition coefficient (Wildman–Crippen LogP) is 3.53. The second-order valence-electron chi connectivity index (χ2n) is 5.20. The zero-order chi connectivity index (χ0) is 16.6. The number of aryl methyl sites for hydroxylation is 1. The molecule has 0 saturated carbocycles. The number of anilines is 1. The summed E-state index contributed by atoms with van der Waals surface area (Å²) in [6.07, 6.45) is 0. The molecule has 4 nitrogen and oxygen atoms in total. The van der Waals surface area contributed by atoms with Crippen LogP contribution in [0.1, 0.15) is 11.1 Å². The lowest BCUT2D eigenvalue weighted by molar-refractivity contribution is -0.119. The first-order chi connectivity index (χ1) is 11.0. The SMILES string of the molecule is COc1ccc(N2C(=O)C(Cl)=C(c3ccc(C)cc3)C2=O)cc1. The van der Waals surface area contributed by atoms with E-state index in [2.05, 4.69) is 0 Å². The first kappa shape index (κ1) is 15.3. The molecule has 0 atom stereocenters. The molecule has 0 N–H and O–H groups in total. The summed E-state index contributed by atoms with van der Waals surface area (Å²) in [5.41, 5.74) is 2.39. The van der Waals surface area contributed by atoms with Crippen molar-refractivity contribution in [2.45, 2.75) is 6.92 Å². The smallest absolute Gasteiger partial charge is 0.277 e. The fourth-order valence-electron chi connectivity index (χ4n) is 2.44. The number of imide groups is 1. The maximum Gasteiger partial charge on any atom is 0.277 e. The highest BCUT2D eigenvalue weighted by Crippen LogP contribution is 2.35. The Balaban J connectivity index is 1.99. The topological polar surface area (TPSA) is 46.6 Å². The molecule has 2 amide bonds. The van der Waals surface area contributed by atoms with Crippen molar-refractivity contribution in [2.24, 2.45) is 0 Å². The van der Waals surface area contributed by atoms with Gasteiger partial charge in [0.1, 0.15) is 10.8 Å². The maximum atomic E-state index is 12.7. The Morgan fingerprint density at radius 1 is 0.913 bits per heavy atom. The molecule has 0 radical (unpaired) electrons. The fraction of sp³-hybridized carbons (Fsp3) is 0.111. The minimum absolute atomic E-state index is 0.0605. The van der Waals surface area contributed by atoms with E-state index in [-0.39, 0.29) is 10.6 Å². The van der Waals surface area contributed by atoms with Crippen LogP contribution in [-0.2, 0) is 9.59 Å². The summed E-state index contributed by atoms with van der Waals surface area (Å²) >= 11 is 6.14. The van der Waals surface area contributed by atoms with Crippen molar-refractivity contribution in [3.05, 3.63) is 64.7 Å². The lowest BCUT2D eigenvalue weighted by Crippen LogP contribution is -2.31. The summed E-state index contributed by atoms with van der Waals surface area (Å²) in [5.74, 6) is -0.294. The molecule has 23 heavy (non-hydrogen) atoms. The summed E-state index contributed by atoms with van der Waals surface area (Å²) in [7, 11) is 1.55. The van der Waals surface area contributed by atoms with Crippen LogP contribution in [0.4, 0.5) is 5.69 Å². The van der Waals surface area contributed by atoms with E-state index in [0.29, 0.717) is 17.0 Å².